The van der Waals surface area contributed by atoms with Gasteiger partial charge in [-0.3, -0.25) is 0 Å². The van der Waals surface area contributed by atoms with Crippen molar-refractivity contribution in [1.82, 2.24) is 5.32 Å². The summed E-state index contributed by atoms with van der Waals surface area (Å²) in [6.45, 7) is 2.24. The maximum atomic E-state index is 3.41. The van der Waals surface area contributed by atoms with Crippen LogP contribution in [0.15, 0.2) is 17.5 Å². The summed E-state index contributed by atoms with van der Waals surface area (Å²) in [4.78, 5) is 1.48. The van der Waals surface area contributed by atoms with Gasteiger partial charge in [0.05, 0.1) is 0 Å². The van der Waals surface area contributed by atoms with Gasteiger partial charge >= 0.3 is 0 Å². The molecule has 1 aromatic rings. The van der Waals surface area contributed by atoms with Gasteiger partial charge in [0.1, 0.15) is 0 Å². The molecule has 1 heterocycles. The number of thiophene rings is 1. The molecule has 0 spiro atoms. The average Bonchev–Trinajstić information content (AvgIpc) is 2.57. The van der Waals surface area contributed by atoms with Gasteiger partial charge in [0.25, 0.3) is 0 Å². The molecular weight excluding hydrogens is 186 g/mol. The van der Waals surface area contributed by atoms with Crippen LogP contribution in [-0.2, 0) is 6.42 Å². The molecule has 0 amide bonds. The fourth-order valence-corrected chi connectivity index (χ4v) is 2.02. The third kappa shape index (κ3) is 4.14. The summed E-state index contributed by atoms with van der Waals surface area (Å²) in [6.07, 6.45) is 3.31. The van der Waals surface area contributed by atoms with E-state index < -0.39 is 0 Å². The molecule has 0 saturated carbocycles. The normalized spacial score (nSPS) is 10.4. The summed E-state index contributed by atoms with van der Waals surface area (Å²) in [5, 5.41) is 5.55. The van der Waals surface area contributed by atoms with Crippen LogP contribution < -0.4 is 5.32 Å². The summed E-state index contributed by atoms with van der Waals surface area (Å²) in [5.41, 5.74) is 0. The number of hydrogen-bond donors (Lipinski definition) is 1. The summed E-state index contributed by atoms with van der Waals surface area (Å²) >= 11 is 3.73. The van der Waals surface area contributed by atoms with Gasteiger partial charge in [-0.25, -0.2) is 0 Å². The lowest BCUT2D eigenvalue weighted by Gasteiger charge is -2.00. The Hall–Kier alpha value is 0.01000. The third-order valence-corrected chi connectivity index (χ3v) is 3.16. The van der Waals surface area contributed by atoms with Crippen LogP contribution in [0.2, 0.25) is 0 Å². The Morgan fingerprint density at radius 3 is 3.08 bits per heavy atom. The highest BCUT2D eigenvalue weighted by Crippen LogP contribution is 2.07. The van der Waals surface area contributed by atoms with Crippen molar-refractivity contribution in [2.24, 2.45) is 0 Å². The first-order valence-corrected chi connectivity index (χ1v) is 6.43. The van der Waals surface area contributed by atoms with Crippen LogP contribution in [0.5, 0.6) is 0 Å². The molecule has 3 heteroatoms. The van der Waals surface area contributed by atoms with Crippen molar-refractivity contribution in [1.29, 1.82) is 0 Å². The average molecular weight is 201 g/mol. The van der Waals surface area contributed by atoms with Crippen molar-refractivity contribution in [3.8, 4) is 0 Å². The second-order valence-corrected chi connectivity index (χ2v) is 4.59. The predicted molar refractivity (Wildman–Crippen MR) is 59.3 cm³/mol. The SMILES string of the molecule is CSCCNCCc1cccs1. The fraction of sp³-hybridized carbons (Fsp3) is 0.556. The standard InChI is InChI=1S/C9H15NS2/c1-11-8-6-10-5-4-9-3-2-7-12-9/h2-3,7,10H,4-6,8H2,1H3. The first kappa shape index (κ1) is 10.1. The number of thioether (sulfide) groups is 1. The maximum absolute atomic E-state index is 3.41. The number of nitrogens with one attached hydrogen (secondary N) is 1. The van der Waals surface area contributed by atoms with Crippen molar-refractivity contribution in [3.05, 3.63) is 22.4 Å². The second-order valence-electron chi connectivity index (χ2n) is 2.57. The predicted octanol–water partition coefficient (Wildman–Crippen LogP) is 2.24. The first-order valence-electron chi connectivity index (χ1n) is 4.15. The van der Waals surface area contributed by atoms with Crippen LogP contribution in [0, 0.1) is 0 Å². The van der Waals surface area contributed by atoms with Crippen molar-refractivity contribution < 1.29 is 0 Å². The molecule has 1 N–H and O–H groups in total. The van der Waals surface area contributed by atoms with Crippen LogP contribution in [0.25, 0.3) is 0 Å². The Labute approximate surface area is 82.6 Å². The Balaban J connectivity index is 1.96. The van der Waals surface area contributed by atoms with E-state index in [0.29, 0.717) is 0 Å². The van der Waals surface area contributed by atoms with Gasteiger partial charge < -0.3 is 5.32 Å². The van der Waals surface area contributed by atoms with E-state index in [-0.39, 0.29) is 0 Å². The van der Waals surface area contributed by atoms with Crippen LogP contribution in [0.4, 0.5) is 0 Å². The molecule has 1 nitrogen and oxygen atoms in total. The van der Waals surface area contributed by atoms with Gasteiger partial charge in [0, 0.05) is 17.2 Å². The second kappa shape index (κ2) is 6.52. The molecule has 0 radical (unpaired) electrons. The van der Waals surface area contributed by atoms with E-state index in [1.54, 1.807) is 0 Å². The molecule has 0 bridgehead atoms. The van der Waals surface area contributed by atoms with Crippen molar-refractivity contribution >= 4 is 23.1 Å². The molecule has 0 aromatic carbocycles. The van der Waals surface area contributed by atoms with Gasteiger partial charge in [-0.15, -0.1) is 11.3 Å². The lowest BCUT2D eigenvalue weighted by atomic mass is 10.3. The zero-order valence-electron chi connectivity index (χ0n) is 7.38. The molecule has 0 fully saturated rings. The highest BCUT2D eigenvalue weighted by Gasteiger charge is 1.91. The van der Waals surface area contributed by atoms with Gasteiger partial charge in [-0.2, -0.15) is 11.8 Å². The van der Waals surface area contributed by atoms with E-state index in [9.17, 15) is 0 Å². The van der Waals surface area contributed by atoms with Crippen molar-refractivity contribution in [2.45, 2.75) is 6.42 Å². The molecule has 0 atom stereocenters. The highest BCUT2D eigenvalue weighted by molar-refractivity contribution is 7.98. The molecule has 68 valence electrons. The molecule has 0 unspecified atom stereocenters. The number of hydrogen-bond acceptors (Lipinski definition) is 3. The van der Waals surface area contributed by atoms with E-state index in [1.807, 2.05) is 23.1 Å². The lowest BCUT2D eigenvalue weighted by molar-refractivity contribution is 0.726. The van der Waals surface area contributed by atoms with Crippen LogP contribution in [0.1, 0.15) is 4.88 Å². The van der Waals surface area contributed by atoms with Gasteiger partial charge in [-0.1, -0.05) is 6.07 Å². The maximum Gasteiger partial charge on any atom is 0.00578 e. The highest BCUT2D eigenvalue weighted by atomic mass is 32.2. The summed E-state index contributed by atoms with van der Waals surface area (Å²) < 4.78 is 0. The van der Waals surface area contributed by atoms with Crippen LogP contribution >= 0.6 is 23.1 Å². The van der Waals surface area contributed by atoms with E-state index in [1.165, 1.54) is 17.1 Å². The van der Waals surface area contributed by atoms with Gasteiger partial charge in [0.2, 0.25) is 0 Å². The topological polar surface area (TPSA) is 12.0 Å². The summed E-state index contributed by atoms with van der Waals surface area (Å²) in [5.74, 6) is 1.21. The molecule has 12 heavy (non-hydrogen) atoms. The minimum Gasteiger partial charge on any atom is -0.316 e. The Morgan fingerprint density at radius 1 is 1.50 bits per heavy atom. The van der Waals surface area contributed by atoms with Gasteiger partial charge in [-0.05, 0) is 30.7 Å². The Kier molecular flexibility index (Phi) is 5.48. The minimum atomic E-state index is 1.11. The van der Waals surface area contributed by atoms with Crippen molar-refractivity contribution in [3.63, 3.8) is 0 Å². The molecular formula is C9H15NS2. The van der Waals surface area contributed by atoms with E-state index in [0.717, 1.165) is 13.1 Å². The quantitative estimate of drug-likeness (QED) is 0.708. The van der Waals surface area contributed by atoms with Crippen molar-refractivity contribution in [2.75, 3.05) is 25.1 Å². The molecule has 0 saturated heterocycles. The lowest BCUT2D eigenvalue weighted by Crippen LogP contribution is -2.19. The zero-order valence-corrected chi connectivity index (χ0v) is 9.01. The molecule has 0 aliphatic carbocycles. The minimum absolute atomic E-state index is 1.11. The molecule has 1 aromatic heterocycles. The van der Waals surface area contributed by atoms with E-state index in [4.69, 9.17) is 0 Å². The summed E-state index contributed by atoms with van der Waals surface area (Å²) in [6, 6.07) is 4.31. The van der Waals surface area contributed by atoms with E-state index in [2.05, 4.69) is 29.1 Å². The smallest absolute Gasteiger partial charge is 0.00578 e. The van der Waals surface area contributed by atoms with Crippen LogP contribution in [0.3, 0.4) is 0 Å². The molecule has 0 aliphatic rings. The molecule has 0 aliphatic heterocycles. The summed E-state index contributed by atoms with van der Waals surface area (Å²) in [7, 11) is 0. The number of rotatable bonds is 6. The fourth-order valence-electron chi connectivity index (χ4n) is 0.966. The largest absolute Gasteiger partial charge is 0.316 e. The first-order chi connectivity index (χ1) is 5.93. The Morgan fingerprint density at radius 2 is 2.42 bits per heavy atom. The third-order valence-electron chi connectivity index (χ3n) is 1.61. The molecule has 1 rings (SSSR count). The Bertz CT molecular complexity index is 184. The zero-order chi connectivity index (χ0) is 8.65. The monoisotopic (exact) mass is 201 g/mol. The van der Waals surface area contributed by atoms with E-state index >= 15 is 0 Å². The van der Waals surface area contributed by atoms with Crippen LogP contribution in [-0.4, -0.2) is 25.1 Å². The van der Waals surface area contributed by atoms with Gasteiger partial charge in [0.15, 0.2) is 0 Å².